The van der Waals surface area contributed by atoms with Crippen LogP contribution in [-0.4, -0.2) is 22.4 Å². The average molecular weight is 336 g/mol. The first-order chi connectivity index (χ1) is 11.5. The summed E-state index contributed by atoms with van der Waals surface area (Å²) in [6.07, 6.45) is 2.72. The van der Waals surface area contributed by atoms with Gasteiger partial charge >= 0.3 is 5.97 Å². The van der Waals surface area contributed by atoms with Gasteiger partial charge in [0, 0.05) is 23.6 Å². The van der Waals surface area contributed by atoms with Crippen LogP contribution in [0.2, 0.25) is 0 Å². The van der Waals surface area contributed by atoms with Crippen molar-refractivity contribution in [1.82, 2.24) is 9.78 Å². The summed E-state index contributed by atoms with van der Waals surface area (Å²) in [7, 11) is 0. The summed E-state index contributed by atoms with van der Waals surface area (Å²) in [4.78, 5) is 12.2. The average Bonchev–Trinajstić information content (AvgIpc) is 3.23. The molecule has 0 saturated heterocycles. The number of carbonyl (C=O) groups excluding carboxylic acids is 1. The van der Waals surface area contributed by atoms with Crippen LogP contribution in [0.3, 0.4) is 0 Å². The van der Waals surface area contributed by atoms with Crippen molar-refractivity contribution < 1.29 is 22.7 Å². The first-order valence-electron chi connectivity index (χ1n) is 7.96. The monoisotopic (exact) mass is 336 g/mol. The summed E-state index contributed by atoms with van der Waals surface area (Å²) < 4.78 is 47.3. The van der Waals surface area contributed by atoms with Gasteiger partial charge in [-0.15, -0.1) is 0 Å². The predicted octanol–water partition coefficient (Wildman–Crippen LogP) is 3.83. The van der Waals surface area contributed by atoms with Gasteiger partial charge in [0.2, 0.25) is 0 Å². The molecule has 7 heteroatoms. The molecule has 0 amide bonds. The van der Waals surface area contributed by atoms with Gasteiger partial charge in [-0.3, -0.25) is 0 Å². The number of aromatic nitrogens is 2. The first-order valence-corrected chi connectivity index (χ1v) is 7.96. The Hall–Kier alpha value is -2.31. The summed E-state index contributed by atoms with van der Waals surface area (Å²) in [5.41, 5.74) is 1.46. The first kappa shape index (κ1) is 15.2. The van der Waals surface area contributed by atoms with E-state index in [2.05, 4.69) is 5.10 Å². The lowest BCUT2D eigenvalue weighted by molar-refractivity contribution is 0.0517. The summed E-state index contributed by atoms with van der Waals surface area (Å²) in [5.74, 6) is -3.57. The number of esters is 1. The fourth-order valence-electron chi connectivity index (χ4n) is 3.94. The normalized spacial score (nSPS) is 21.2. The zero-order chi connectivity index (χ0) is 17.0. The molecule has 2 bridgehead atoms. The third kappa shape index (κ3) is 2.07. The predicted molar refractivity (Wildman–Crippen MR) is 78.7 cm³/mol. The molecule has 0 aliphatic heterocycles. The van der Waals surface area contributed by atoms with Gasteiger partial charge in [0.25, 0.3) is 0 Å². The summed E-state index contributed by atoms with van der Waals surface area (Å²) in [5, 5.41) is 4.21. The van der Waals surface area contributed by atoms with Gasteiger partial charge in [0.05, 0.1) is 12.3 Å². The van der Waals surface area contributed by atoms with Crippen LogP contribution < -0.4 is 0 Å². The van der Waals surface area contributed by atoms with E-state index in [9.17, 15) is 18.0 Å². The third-order valence-electron chi connectivity index (χ3n) is 4.87. The highest BCUT2D eigenvalue weighted by Gasteiger charge is 2.44. The molecule has 2 aliphatic carbocycles. The van der Waals surface area contributed by atoms with E-state index in [1.807, 2.05) is 0 Å². The number of nitrogens with zero attached hydrogens (tertiary/aromatic N) is 2. The van der Waals surface area contributed by atoms with Crippen LogP contribution in [0.1, 0.15) is 59.8 Å². The molecule has 2 unspecified atom stereocenters. The molecule has 0 radical (unpaired) electrons. The van der Waals surface area contributed by atoms with Crippen LogP contribution in [0.4, 0.5) is 13.2 Å². The molecule has 126 valence electrons. The largest absolute Gasteiger partial charge is 0.461 e. The van der Waals surface area contributed by atoms with Gasteiger partial charge in [-0.2, -0.15) is 5.10 Å². The standard InChI is InChI=1S/C17H15F3N2O2/c1-2-24-17(23)15-14-8-3-4-9(5-8)16(14)22(21-15)13-7-11(19)10(18)6-12(13)20/h6-9H,2-5H2,1H3. The Morgan fingerprint density at radius 1 is 1.21 bits per heavy atom. The Bertz CT molecular complexity index is 847. The minimum absolute atomic E-state index is 0.146. The molecule has 1 fully saturated rings. The van der Waals surface area contributed by atoms with Crippen molar-refractivity contribution in [1.29, 1.82) is 0 Å². The smallest absolute Gasteiger partial charge is 0.359 e. The van der Waals surface area contributed by atoms with Gasteiger partial charge in [0.1, 0.15) is 5.69 Å². The number of rotatable bonds is 3. The van der Waals surface area contributed by atoms with Crippen molar-refractivity contribution in [3.05, 3.63) is 46.5 Å². The van der Waals surface area contributed by atoms with Crippen LogP contribution in [0, 0.1) is 17.5 Å². The molecule has 4 nitrogen and oxygen atoms in total. The van der Waals surface area contributed by atoms with Gasteiger partial charge < -0.3 is 4.74 Å². The van der Waals surface area contributed by atoms with Gasteiger partial charge in [-0.25, -0.2) is 22.6 Å². The van der Waals surface area contributed by atoms with Gasteiger partial charge in [0.15, 0.2) is 23.1 Å². The Balaban J connectivity index is 1.92. The van der Waals surface area contributed by atoms with E-state index in [4.69, 9.17) is 4.74 Å². The van der Waals surface area contributed by atoms with Crippen molar-refractivity contribution in [2.75, 3.05) is 6.61 Å². The van der Waals surface area contributed by atoms with Crippen LogP contribution in [0.5, 0.6) is 0 Å². The molecule has 2 aromatic rings. The number of fused-ring (bicyclic) bond motifs is 5. The topological polar surface area (TPSA) is 44.1 Å². The lowest BCUT2D eigenvalue weighted by Crippen LogP contribution is -2.10. The number of hydrogen-bond donors (Lipinski definition) is 0. The van der Waals surface area contributed by atoms with Crippen molar-refractivity contribution >= 4 is 5.97 Å². The maximum Gasteiger partial charge on any atom is 0.359 e. The maximum atomic E-state index is 14.2. The van der Waals surface area contributed by atoms with E-state index < -0.39 is 23.4 Å². The minimum atomic E-state index is -1.26. The molecule has 4 rings (SSSR count). The van der Waals surface area contributed by atoms with Crippen LogP contribution in [0.25, 0.3) is 5.69 Å². The maximum absolute atomic E-state index is 14.2. The van der Waals surface area contributed by atoms with Gasteiger partial charge in [-0.05, 0) is 32.1 Å². The van der Waals surface area contributed by atoms with Crippen molar-refractivity contribution in [3.8, 4) is 5.69 Å². The molecule has 1 aromatic heterocycles. The molecule has 0 N–H and O–H groups in total. The Morgan fingerprint density at radius 3 is 2.67 bits per heavy atom. The Morgan fingerprint density at radius 2 is 1.92 bits per heavy atom. The van der Waals surface area contributed by atoms with E-state index in [0.29, 0.717) is 6.07 Å². The van der Waals surface area contributed by atoms with Crippen molar-refractivity contribution in [3.63, 3.8) is 0 Å². The number of benzene rings is 1. The second-order valence-electron chi connectivity index (χ2n) is 6.20. The zero-order valence-electron chi connectivity index (χ0n) is 13.0. The quantitative estimate of drug-likeness (QED) is 0.632. The van der Waals surface area contributed by atoms with E-state index in [1.54, 1.807) is 6.92 Å². The fourth-order valence-corrected chi connectivity index (χ4v) is 3.94. The van der Waals surface area contributed by atoms with Crippen LogP contribution >= 0.6 is 0 Å². The second kappa shape index (κ2) is 5.36. The molecule has 24 heavy (non-hydrogen) atoms. The van der Waals surface area contributed by atoms with Crippen molar-refractivity contribution in [2.24, 2.45) is 0 Å². The zero-order valence-corrected chi connectivity index (χ0v) is 13.0. The van der Waals surface area contributed by atoms with E-state index in [1.165, 1.54) is 4.68 Å². The molecule has 1 saturated carbocycles. The SMILES string of the molecule is CCOC(=O)c1nn(-c2cc(F)c(F)cc2F)c2c1C1CCC2C1. The molecule has 2 aliphatic rings. The molecular weight excluding hydrogens is 321 g/mol. The second-order valence-corrected chi connectivity index (χ2v) is 6.20. The van der Waals surface area contributed by atoms with Gasteiger partial charge in [-0.1, -0.05) is 0 Å². The summed E-state index contributed by atoms with van der Waals surface area (Å²) in [6.45, 7) is 1.89. The fraction of sp³-hybridized carbons (Fsp3) is 0.412. The van der Waals surface area contributed by atoms with E-state index in [-0.39, 0.29) is 29.8 Å². The highest BCUT2D eigenvalue weighted by molar-refractivity contribution is 5.90. The molecule has 1 heterocycles. The third-order valence-corrected chi connectivity index (χ3v) is 4.87. The van der Waals surface area contributed by atoms with E-state index in [0.717, 1.165) is 36.6 Å². The molecule has 1 aromatic carbocycles. The van der Waals surface area contributed by atoms with Crippen molar-refractivity contribution in [2.45, 2.75) is 38.0 Å². The number of carbonyl (C=O) groups is 1. The minimum Gasteiger partial charge on any atom is -0.461 e. The molecule has 0 spiro atoms. The number of hydrogen-bond acceptors (Lipinski definition) is 3. The Labute approximate surface area is 136 Å². The summed E-state index contributed by atoms with van der Waals surface area (Å²) in [6, 6.07) is 1.27. The van der Waals surface area contributed by atoms with E-state index >= 15 is 0 Å². The number of halogens is 3. The summed E-state index contributed by atoms with van der Waals surface area (Å²) >= 11 is 0. The lowest BCUT2D eigenvalue weighted by Gasteiger charge is -2.14. The molecule has 2 atom stereocenters. The highest BCUT2D eigenvalue weighted by Crippen LogP contribution is 2.54. The molecular formula is C17H15F3N2O2. The lowest BCUT2D eigenvalue weighted by atomic mass is 9.95. The van der Waals surface area contributed by atoms with Crippen LogP contribution in [0.15, 0.2) is 12.1 Å². The number of ether oxygens (including phenoxy) is 1. The highest BCUT2D eigenvalue weighted by atomic mass is 19.2. The Kier molecular flexibility index (Phi) is 3.40. The van der Waals surface area contributed by atoms with Crippen LogP contribution in [-0.2, 0) is 4.74 Å².